The van der Waals surface area contributed by atoms with E-state index in [-0.39, 0.29) is 0 Å². The smallest absolute Gasteiger partial charge is 0.121 e. The molecule has 0 aliphatic heterocycles. The molecular weight excluding hydrogens is 240 g/mol. The minimum absolute atomic E-state index is 0.364. The standard InChI is InChI=1S/C15H26N2O2/c1-11-6-13(7-12(2)14(11)18)8-16-9-15(3,19)10-17(4)5/h6-7,16,18-19H,8-10H2,1-5H3. The van der Waals surface area contributed by atoms with Crippen LogP contribution in [0, 0.1) is 13.8 Å². The van der Waals surface area contributed by atoms with Crippen LogP contribution in [0.25, 0.3) is 0 Å². The van der Waals surface area contributed by atoms with Gasteiger partial charge in [-0.3, -0.25) is 0 Å². The Labute approximate surface area is 116 Å². The highest BCUT2D eigenvalue weighted by molar-refractivity contribution is 5.42. The van der Waals surface area contributed by atoms with E-state index < -0.39 is 5.60 Å². The predicted octanol–water partition coefficient (Wildman–Crippen LogP) is 1.41. The van der Waals surface area contributed by atoms with E-state index in [0.717, 1.165) is 16.7 Å². The first-order valence-corrected chi connectivity index (χ1v) is 6.58. The van der Waals surface area contributed by atoms with Crippen molar-refractivity contribution in [1.82, 2.24) is 10.2 Å². The third-order valence-electron chi connectivity index (χ3n) is 3.04. The number of rotatable bonds is 6. The number of aliphatic hydroxyl groups is 1. The monoisotopic (exact) mass is 266 g/mol. The van der Waals surface area contributed by atoms with Crippen LogP contribution in [0.1, 0.15) is 23.6 Å². The Morgan fingerprint density at radius 2 is 1.74 bits per heavy atom. The van der Waals surface area contributed by atoms with Crippen molar-refractivity contribution in [2.75, 3.05) is 27.2 Å². The fourth-order valence-corrected chi connectivity index (χ4v) is 2.36. The van der Waals surface area contributed by atoms with Crippen LogP contribution >= 0.6 is 0 Å². The highest BCUT2D eigenvalue weighted by Crippen LogP contribution is 2.22. The average molecular weight is 266 g/mol. The number of likely N-dealkylation sites (N-methyl/N-ethyl adjacent to an activating group) is 1. The topological polar surface area (TPSA) is 55.7 Å². The molecule has 0 fully saturated rings. The van der Waals surface area contributed by atoms with Crippen molar-refractivity contribution in [3.63, 3.8) is 0 Å². The first-order chi connectivity index (χ1) is 8.71. The van der Waals surface area contributed by atoms with Gasteiger partial charge >= 0.3 is 0 Å². The third-order valence-corrected chi connectivity index (χ3v) is 3.04. The molecule has 1 unspecified atom stereocenters. The molecule has 0 aromatic heterocycles. The molecule has 0 spiro atoms. The second kappa shape index (κ2) is 6.37. The predicted molar refractivity (Wildman–Crippen MR) is 78.5 cm³/mol. The largest absolute Gasteiger partial charge is 0.507 e. The summed E-state index contributed by atoms with van der Waals surface area (Å²) in [5, 5.41) is 23.2. The van der Waals surface area contributed by atoms with Gasteiger partial charge in [-0.05, 0) is 51.6 Å². The summed E-state index contributed by atoms with van der Waals surface area (Å²) >= 11 is 0. The molecule has 0 amide bonds. The summed E-state index contributed by atoms with van der Waals surface area (Å²) in [7, 11) is 3.89. The second-order valence-electron chi connectivity index (χ2n) is 5.92. The van der Waals surface area contributed by atoms with E-state index in [1.807, 2.05) is 51.9 Å². The molecule has 1 aromatic carbocycles. The van der Waals surface area contributed by atoms with Gasteiger partial charge in [0.25, 0.3) is 0 Å². The van der Waals surface area contributed by atoms with Crippen LogP contribution in [0.15, 0.2) is 12.1 Å². The highest BCUT2D eigenvalue weighted by Gasteiger charge is 2.20. The zero-order valence-electron chi connectivity index (χ0n) is 12.6. The minimum atomic E-state index is -0.746. The zero-order chi connectivity index (χ0) is 14.6. The Morgan fingerprint density at radius 3 is 2.21 bits per heavy atom. The summed E-state index contributed by atoms with van der Waals surface area (Å²) in [6, 6.07) is 3.94. The van der Waals surface area contributed by atoms with E-state index in [4.69, 9.17) is 0 Å². The molecule has 0 radical (unpaired) electrons. The number of hydrogen-bond donors (Lipinski definition) is 3. The molecule has 0 aliphatic rings. The lowest BCUT2D eigenvalue weighted by molar-refractivity contribution is 0.0336. The van der Waals surface area contributed by atoms with Gasteiger partial charge in [0, 0.05) is 19.6 Å². The van der Waals surface area contributed by atoms with Crippen LogP contribution in [0.5, 0.6) is 5.75 Å². The molecule has 4 nitrogen and oxygen atoms in total. The van der Waals surface area contributed by atoms with Gasteiger partial charge in [-0.2, -0.15) is 0 Å². The number of phenols is 1. The SMILES string of the molecule is Cc1cc(CNCC(C)(O)CN(C)C)cc(C)c1O. The Morgan fingerprint density at radius 1 is 1.21 bits per heavy atom. The Kier molecular flexibility index (Phi) is 5.35. The number of aryl methyl sites for hydroxylation is 2. The number of benzene rings is 1. The fourth-order valence-electron chi connectivity index (χ4n) is 2.36. The van der Waals surface area contributed by atoms with Gasteiger partial charge in [0.15, 0.2) is 0 Å². The molecule has 0 saturated carbocycles. The van der Waals surface area contributed by atoms with Gasteiger partial charge in [-0.25, -0.2) is 0 Å². The van der Waals surface area contributed by atoms with Crippen LogP contribution in [-0.2, 0) is 6.54 Å². The Balaban J connectivity index is 2.54. The van der Waals surface area contributed by atoms with Crippen molar-refractivity contribution in [2.45, 2.75) is 32.9 Å². The fraction of sp³-hybridized carbons (Fsp3) is 0.600. The first kappa shape index (κ1) is 16.0. The van der Waals surface area contributed by atoms with Crippen LogP contribution in [0.4, 0.5) is 0 Å². The minimum Gasteiger partial charge on any atom is -0.507 e. The molecular formula is C15H26N2O2. The van der Waals surface area contributed by atoms with Crippen LogP contribution in [0.3, 0.4) is 0 Å². The summed E-state index contributed by atoms with van der Waals surface area (Å²) in [4.78, 5) is 1.97. The van der Waals surface area contributed by atoms with Gasteiger partial charge < -0.3 is 20.4 Å². The zero-order valence-corrected chi connectivity index (χ0v) is 12.6. The lowest BCUT2D eigenvalue weighted by Gasteiger charge is -2.27. The molecule has 1 rings (SSSR count). The number of nitrogens with one attached hydrogen (secondary N) is 1. The number of aromatic hydroxyl groups is 1. The van der Waals surface area contributed by atoms with Gasteiger partial charge in [0.1, 0.15) is 5.75 Å². The van der Waals surface area contributed by atoms with Crippen molar-refractivity contribution in [3.8, 4) is 5.75 Å². The lowest BCUT2D eigenvalue weighted by Crippen LogP contribution is -2.45. The van der Waals surface area contributed by atoms with Gasteiger partial charge in [-0.1, -0.05) is 12.1 Å². The molecule has 3 N–H and O–H groups in total. The lowest BCUT2D eigenvalue weighted by atomic mass is 10.0. The molecule has 108 valence electrons. The van der Waals surface area contributed by atoms with Crippen LogP contribution in [0.2, 0.25) is 0 Å². The second-order valence-corrected chi connectivity index (χ2v) is 5.92. The van der Waals surface area contributed by atoms with Crippen molar-refractivity contribution < 1.29 is 10.2 Å². The normalized spacial score (nSPS) is 14.7. The molecule has 0 saturated heterocycles. The summed E-state index contributed by atoms with van der Waals surface area (Å²) < 4.78 is 0. The van der Waals surface area contributed by atoms with Crippen molar-refractivity contribution in [1.29, 1.82) is 0 Å². The van der Waals surface area contributed by atoms with Crippen molar-refractivity contribution in [2.24, 2.45) is 0 Å². The maximum absolute atomic E-state index is 10.2. The number of hydrogen-bond acceptors (Lipinski definition) is 4. The number of nitrogens with zero attached hydrogens (tertiary/aromatic N) is 1. The highest BCUT2D eigenvalue weighted by atomic mass is 16.3. The Hall–Kier alpha value is -1.10. The summed E-state index contributed by atoms with van der Waals surface area (Å²) in [5.74, 6) is 0.364. The van der Waals surface area contributed by atoms with E-state index in [1.165, 1.54) is 0 Å². The van der Waals surface area contributed by atoms with Crippen molar-refractivity contribution in [3.05, 3.63) is 28.8 Å². The van der Waals surface area contributed by atoms with E-state index in [0.29, 0.717) is 25.4 Å². The van der Waals surface area contributed by atoms with Gasteiger partial charge in [-0.15, -0.1) is 0 Å². The molecule has 0 aliphatic carbocycles. The van der Waals surface area contributed by atoms with E-state index >= 15 is 0 Å². The quantitative estimate of drug-likeness (QED) is 0.729. The van der Waals surface area contributed by atoms with E-state index in [1.54, 1.807) is 0 Å². The molecule has 0 heterocycles. The molecule has 0 bridgehead atoms. The third kappa shape index (κ3) is 5.19. The van der Waals surface area contributed by atoms with Crippen LogP contribution in [-0.4, -0.2) is 47.9 Å². The molecule has 1 atom stereocenters. The van der Waals surface area contributed by atoms with E-state index in [9.17, 15) is 10.2 Å². The van der Waals surface area contributed by atoms with Crippen molar-refractivity contribution >= 4 is 0 Å². The van der Waals surface area contributed by atoms with Gasteiger partial charge in [0.2, 0.25) is 0 Å². The van der Waals surface area contributed by atoms with Gasteiger partial charge in [0.05, 0.1) is 5.60 Å². The Bertz CT molecular complexity index is 405. The van der Waals surface area contributed by atoms with E-state index in [2.05, 4.69) is 5.32 Å². The van der Waals surface area contributed by atoms with Crippen LogP contribution < -0.4 is 5.32 Å². The average Bonchev–Trinajstić information content (AvgIpc) is 2.23. The molecule has 19 heavy (non-hydrogen) atoms. The maximum atomic E-state index is 10.2. The first-order valence-electron chi connectivity index (χ1n) is 6.58. The molecule has 1 aromatic rings. The summed E-state index contributed by atoms with van der Waals surface area (Å²) in [6.07, 6.45) is 0. The summed E-state index contributed by atoms with van der Waals surface area (Å²) in [6.45, 7) is 7.46. The maximum Gasteiger partial charge on any atom is 0.121 e. The summed E-state index contributed by atoms with van der Waals surface area (Å²) in [5.41, 5.74) is 2.15. The number of phenolic OH excluding ortho intramolecular Hbond substituents is 1. The molecule has 4 heteroatoms.